The monoisotopic (exact) mass is 795 g/mol. The van der Waals surface area contributed by atoms with Crippen LogP contribution < -0.4 is 10.6 Å². The highest BCUT2D eigenvalue weighted by atomic mass is 16.5. The Kier molecular flexibility index (Phi) is 12.5. The lowest BCUT2D eigenvalue weighted by atomic mass is 10.0. The first-order valence-corrected chi connectivity index (χ1v) is 18.9. The Labute approximate surface area is 336 Å². The number of nitrogens with one attached hydrogen (secondary N) is 4. The molecule has 58 heavy (non-hydrogen) atoms. The number of aromatic nitrogens is 4. The van der Waals surface area contributed by atoms with E-state index in [2.05, 4.69) is 30.6 Å². The lowest BCUT2D eigenvalue weighted by Gasteiger charge is -2.29. The molecule has 2 aromatic heterocycles. The quantitative estimate of drug-likeness (QED) is 0.115. The lowest BCUT2D eigenvalue weighted by molar-refractivity contribution is -0.136. The van der Waals surface area contributed by atoms with Crippen LogP contribution in [0.4, 0.5) is 14.4 Å². The predicted octanol–water partition coefficient (Wildman–Crippen LogP) is 5.24. The van der Waals surface area contributed by atoms with Crippen LogP contribution in [-0.4, -0.2) is 118 Å². The highest BCUT2D eigenvalue weighted by molar-refractivity contribution is 5.88. The average Bonchev–Trinajstić information content (AvgIpc) is 4.07. The topological polar surface area (TPSA) is 204 Å². The maximum atomic E-state index is 13.8. The normalized spacial score (nSPS) is 17.4. The highest BCUT2D eigenvalue weighted by Crippen LogP contribution is 2.33. The fourth-order valence-electron chi connectivity index (χ4n) is 7.08. The summed E-state index contributed by atoms with van der Waals surface area (Å²) >= 11 is 0. The molecule has 1 fully saturated rings. The summed E-state index contributed by atoms with van der Waals surface area (Å²) in [6.07, 6.45) is 5.29. The SMILES string of the molecule is COC(=O)N[C@H](C(=O)N1CC=CC1c1ncc(-c2ccc(-c3ccc(-c4cnc(C5CN(C(=O)OC)CN5C(=O)[C@@H](NC(=O)OC)C(C)C)[nH]4)cc3)cc2)[nH]1)C(C)C. The van der Waals surface area contributed by atoms with Crippen LogP contribution in [-0.2, 0) is 23.8 Å². The first kappa shape index (κ1) is 41.0. The predicted molar refractivity (Wildman–Crippen MR) is 213 cm³/mol. The largest absolute Gasteiger partial charge is 0.453 e. The van der Waals surface area contributed by atoms with Crippen molar-refractivity contribution in [3.05, 3.63) is 84.7 Å². The Morgan fingerprint density at radius 1 is 0.672 bits per heavy atom. The van der Waals surface area contributed by atoms with Crippen LogP contribution in [0.15, 0.2) is 73.1 Å². The van der Waals surface area contributed by atoms with Gasteiger partial charge in [-0.1, -0.05) is 88.4 Å². The maximum absolute atomic E-state index is 13.8. The third-order valence-corrected chi connectivity index (χ3v) is 10.3. The fourth-order valence-corrected chi connectivity index (χ4v) is 7.08. The van der Waals surface area contributed by atoms with Crippen LogP contribution in [0.25, 0.3) is 33.6 Å². The summed E-state index contributed by atoms with van der Waals surface area (Å²) in [6, 6.07) is 13.3. The van der Waals surface area contributed by atoms with E-state index in [0.29, 0.717) is 18.2 Å². The molecule has 1 saturated heterocycles. The number of amides is 5. The fraction of sp³-hybridized carbons (Fsp3) is 0.390. The molecule has 2 unspecified atom stereocenters. The van der Waals surface area contributed by atoms with E-state index < -0.39 is 42.4 Å². The van der Waals surface area contributed by atoms with Gasteiger partial charge in [-0.15, -0.1) is 0 Å². The number of carbonyl (C=O) groups is 5. The molecule has 4 atom stereocenters. The molecule has 6 rings (SSSR count). The zero-order valence-electron chi connectivity index (χ0n) is 33.5. The molecular formula is C41H49N9O8. The Morgan fingerprint density at radius 2 is 1.14 bits per heavy atom. The van der Waals surface area contributed by atoms with Crippen molar-refractivity contribution in [3.8, 4) is 33.6 Å². The number of imidazole rings is 2. The molecule has 2 aromatic carbocycles. The summed E-state index contributed by atoms with van der Waals surface area (Å²) in [5, 5.41) is 5.27. The van der Waals surface area contributed by atoms with Crippen molar-refractivity contribution in [1.29, 1.82) is 0 Å². The van der Waals surface area contributed by atoms with Gasteiger partial charge in [-0.3, -0.25) is 14.5 Å². The van der Waals surface area contributed by atoms with E-state index in [0.717, 1.165) is 33.6 Å². The molecule has 0 radical (unpaired) electrons. The van der Waals surface area contributed by atoms with Crippen molar-refractivity contribution in [2.24, 2.45) is 11.8 Å². The van der Waals surface area contributed by atoms with Crippen LogP contribution in [0.3, 0.4) is 0 Å². The van der Waals surface area contributed by atoms with Gasteiger partial charge in [0.25, 0.3) is 0 Å². The van der Waals surface area contributed by atoms with Crippen LogP contribution >= 0.6 is 0 Å². The summed E-state index contributed by atoms with van der Waals surface area (Å²) in [4.78, 5) is 84.3. The molecule has 0 aliphatic carbocycles. The number of ether oxygens (including phenoxy) is 3. The molecule has 4 N–H and O–H groups in total. The molecule has 4 aromatic rings. The Hall–Kier alpha value is -6.65. The number of benzene rings is 2. The molecule has 2 aliphatic heterocycles. The van der Waals surface area contributed by atoms with Gasteiger partial charge in [0, 0.05) is 6.54 Å². The molecule has 0 saturated carbocycles. The standard InChI is InChI=1S/C41H49N9O8/c1-23(2)33(46-39(53)56-5)37(51)49-18-8-9-31(49)35-42-19-29(44-35)27-14-10-25(11-15-27)26-12-16-28(17-13-26)30-20-43-36(45-30)32-21-48(41(55)58-7)22-50(32)38(52)34(24(3)4)47-40(54)57-6/h8-17,19-20,23-24,31-34H,18,21-22H2,1-7H3,(H,42,44)(H,43,45)(H,46,53)(H,47,54)/t31?,32?,33-,34-/m0/s1. The summed E-state index contributed by atoms with van der Waals surface area (Å²) in [5.41, 5.74) is 5.29. The van der Waals surface area contributed by atoms with E-state index in [-0.39, 0.29) is 36.9 Å². The van der Waals surface area contributed by atoms with Gasteiger partial charge in [-0.25, -0.2) is 24.4 Å². The summed E-state index contributed by atoms with van der Waals surface area (Å²) < 4.78 is 14.4. The molecule has 5 amide bonds. The Balaban J connectivity index is 1.14. The van der Waals surface area contributed by atoms with Gasteiger partial charge in [-0.05, 0) is 34.1 Å². The van der Waals surface area contributed by atoms with Crippen molar-refractivity contribution < 1.29 is 38.2 Å². The van der Waals surface area contributed by atoms with Gasteiger partial charge < -0.3 is 44.6 Å². The minimum absolute atomic E-state index is 0.0404. The second kappa shape index (κ2) is 17.7. The van der Waals surface area contributed by atoms with Crippen LogP contribution in [0.2, 0.25) is 0 Å². The van der Waals surface area contributed by atoms with Crippen molar-refractivity contribution in [2.75, 3.05) is 41.1 Å². The Bertz CT molecular complexity index is 2140. The number of rotatable bonds is 11. The minimum atomic E-state index is -0.889. The smallest absolute Gasteiger partial charge is 0.410 e. The van der Waals surface area contributed by atoms with Crippen molar-refractivity contribution in [2.45, 2.75) is 51.9 Å². The third-order valence-electron chi connectivity index (χ3n) is 10.3. The molecule has 0 bridgehead atoms. The van der Waals surface area contributed by atoms with Crippen molar-refractivity contribution in [1.82, 2.24) is 45.3 Å². The molecule has 4 heterocycles. The number of nitrogens with zero attached hydrogens (tertiary/aromatic N) is 5. The number of aromatic amines is 2. The van der Waals surface area contributed by atoms with E-state index in [4.69, 9.17) is 14.2 Å². The van der Waals surface area contributed by atoms with Crippen LogP contribution in [0, 0.1) is 11.8 Å². The molecule has 17 nitrogen and oxygen atoms in total. The summed E-state index contributed by atoms with van der Waals surface area (Å²) in [6.45, 7) is 7.86. The van der Waals surface area contributed by atoms with E-state index in [9.17, 15) is 24.0 Å². The van der Waals surface area contributed by atoms with Crippen LogP contribution in [0.1, 0.15) is 51.4 Å². The highest BCUT2D eigenvalue weighted by Gasteiger charge is 2.42. The van der Waals surface area contributed by atoms with Crippen molar-refractivity contribution >= 4 is 30.1 Å². The Morgan fingerprint density at radius 3 is 1.62 bits per heavy atom. The number of alkyl carbamates (subject to hydrolysis) is 2. The number of carbonyl (C=O) groups excluding carboxylic acids is 5. The van der Waals surface area contributed by atoms with Crippen LogP contribution in [0.5, 0.6) is 0 Å². The number of H-pyrrole nitrogens is 2. The number of hydrogen-bond donors (Lipinski definition) is 4. The van der Waals surface area contributed by atoms with Crippen molar-refractivity contribution in [3.63, 3.8) is 0 Å². The van der Waals surface area contributed by atoms with Gasteiger partial charge in [0.05, 0.1) is 58.3 Å². The molecular weight excluding hydrogens is 747 g/mol. The molecule has 0 spiro atoms. The van der Waals surface area contributed by atoms with E-state index >= 15 is 0 Å². The zero-order chi connectivity index (χ0) is 41.7. The van der Waals surface area contributed by atoms with E-state index in [1.54, 1.807) is 17.3 Å². The first-order chi connectivity index (χ1) is 27.8. The van der Waals surface area contributed by atoms with Gasteiger partial charge >= 0.3 is 18.3 Å². The second-order valence-corrected chi connectivity index (χ2v) is 14.8. The summed E-state index contributed by atoms with van der Waals surface area (Å²) in [7, 11) is 3.78. The second-order valence-electron chi connectivity index (χ2n) is 14.8. The maximum Gasteiger partial charge on any atom is 0.410 e. The van der Waals surface area contributed by atoms with E-state index in [1.807, 2.05) is 88.4 Å². The van der Waals surface area contributed by atoms with E-state index in [1.165, 1.54) is 31.1 Å². The minimum Gasteiger partial charge on any atom is -0.453 e. The molecule has 306 valence electrons. The van der Waals surface area contributed by atoms with Gasteiger partial charge in [0.1, 0.15) is 35.8 Å². The lowest BCUT2D eigenvalue weighted by Crippen LogP contribution is -2.51. The number of methoxy groups -OCH3 is 3. The molecule has 17 heteroatoms. The number of hydrogen-bond acceptors (Lipinski definition) is 10. The van der Waals surface area contributed by atoms with Gasteiger partial charge in [0.15, 0.2) is 0 Å². The third kappa shape index (κ3) is 8.67. The van der Waals surface area contributed by atoms with Gasteiger partial charge in [0.2, 0.25) is 11.8 Å². The summed E-state index contributed by atoms with van der Waals surface area (Å²) in [5.74, 6) is 0.0889. The first-order valence-electron chi connectivity index (χ1n) is 18.9. The average molecular weight is 796 g/mol. The van der Waals surface area contributed by atoms with Gasteiger partial charge in [-0.2, -0.15) is 0 Å². The molecule has 2 aliphatic rings. The zero-order valence-corrected chi connectivity index (χ0v) is 33.5.